The zero-order valence-electron chi connectivity index (χ0n) is 14.3. The molecule has 0 saturated carbocycles. The van der Waals surface area contributed by atoms with Crippen molar-refractivity contribution in [2.45, 2.75) is 24.0 Å². The van der Waals surface area contributed by atoms with Gasteiger partial charge in [-0.2, -0.15) is 0 Å². The van der Waals surface area contributed by atoms with Gasteiger partial charge in [0.1, 0.15) is 10.0 Å². The second-order valence-electron chi connectivity index (χ2n) is 6.11. The molecule has 3 aromatic rings. The second-order valence-corrected chi connectivity index (χ2v) is 9.19. The molecule has 0 radical (unpaired) electrons. The van der Waals surface area contributed by atoms with Gasteiger partial charge < -0.3 is 4.90 Å². The maximum absolute atomic E-state index is 12.5. The van der Waals surface area contributed by atoms with E-state index in [1.165, 1.54) is 22.6 Å². The molecule has 0 fully saturated rings. The summed E-state index contributed by atoms with van der Waals surface area (Å²) in [5, 5.41) is 0. The molecule has 7 heteroatoms. The smallest absolute Gasteiger partial charge is 0.272 e. The zero-order chi connectivity index (χ0) is 18.1. The Morgan fingerprint density at radius 1 is 1.15 bits per heavy atom. The molecule has 2 aromatic heterocycles. The van der Waals surface area contributed by atoms with E-state index in [4.69, 9.17) is 0 Å². The number of aryl methyl sites for hydroxylation is 1. The van der Waals surface area contributed by atoms with Crippen LogP contribution in [-0.2, 0) is 22.9 Å². The Bertz CT molecular complexity index is 1030. The maximum Gasteiger partial charge on any atom is 0.272 e. The van der Waals surface area contributed by atoms with Crippen molar-refractivity contribution in [1.82, 2.24) is 4.98 Å². The van der Waals surface area contributed by atoms with Crippen LogP contribution in [0.5, 0.6) is 0 Å². The SMILES string of the molecule is CCc1ccc(S(=O)(=O)Nc2ccc(N3CCc4ccccc43)cn2)s1. The first-order valence-corrected chi connectivity index (χ1v) is 10.8. The Hall–Kier alpha value is -2.38. The van der Waals surface area contributed by atoms with E-state index >= 15 is 0 Å². The number of sulfonamides is 1. The van der Waals surface area contributed by atoms with E-state index in [2.05, 4.69) is 26.7 Å². The maximum atomic E-state index is 12.5. The summed E-state index contributed by atoms with van der Waals surface area (Å²) in [4.78, 5) is 7.55. The molecule has 0 bridgehead atoms. The summed E-state index contributed by atoms with van der Waals surface area (Å²) in [6.07, 6.45) is 3.54. The third-order valence-electron chi connectivity index (χ3n) is 4.44. The number of para-hydroxylation sites is 1. The van der Waals surface area contributed by atoms with E-state index in [0.717, 1.165) is 30.0 Å². The van der Waals surface area contributed by atoms with Crippen LogP contribution >= 0.6 is 11.3 Å². The van der Waals surface area contributed by atoms with Crippen LogP contribution in [0, 0.1) is 0 Å². The molecule has 1 N–H and O–H groups in total. The molecule has 0 unspecified atom stereocenters. The highest BCUT2D eigenvalue weighted by molar-refractivity contribution is 7.94. The number of aromatic nitrogens is 1. The van der Waals surface area contributed by atoms with Crippen LogP contribution in [0.25, 0.3) is 0 Å². The van der Waals surface area contributed by atoms with Crippen molar-refractivity contribution in [3.8, 4) is 0 Å². The fourth-order valence-electron chi connectivity index (χ4n) is 3.09. The van der Waals surface area contributed by atoms with E-state index in [1.54, 1.807) is 18.3 Å². The number of pyridine rings is 1. The number of hydrogen-bond donors (Lipinski definition) is 1. The number of rotatable bonds is 5. The van der Waals surface area contributed by atoms with Crippen molar-refractivity contribution in [2.24, 2.45) is 0 Å². The van der Waals surface area contributed by atoms with Gasteiger partial charge in [-0.25, -0.2) is 13.4 Å². The Morgan fingerprint density at radius 3 is 2.73 bits per heavy atom. The van der Waals surface area contributed by atoms with Gasteiger partial charge in [-0.15, -0.1) is 11.3 Å². The van der Waals surface area contributed by atoms with Crippen LogP contribution in [0.15, 0.2) is 58.9 Å². The predicted molar refractivity (Wildman–Crippen MR) is 106 cm³/mol. The lowest BCUT2D eigenvalue weighted by molar-refractivity contribution is 0.603. The van der Waals surface area contributed by atoms with Crippen LogP contribution in [0.4, 0.5) is 17.2 Å². The van der Waals surface area contributed by atoms with Crippen LogP contribution < -0.4 is 9.62 Å². The fourth-order valence-corrected chi connectivity index (χ4v) is 5.40. The molecule has 1 aliphatic heterocycles. The summed E-state index contributed by atoms with van der Waals surface area (Å²) in [5.74, 6) is 0.327. The molecule has 134 valence electrons. The third-order valence-corrected chi connectivity index (χ3v) is 7.51. The average molecular weight is 386 g/mol. The van der Waals surface area contributed by atoms with Crippen LogP contribution in [0.1, 0.15) is 17.4 Å². The predicted octanol–water partition coefficient (Wildman–Crippen LogP) is 4.20. The first kappa shape index (κ1) is 17.1. The average Bonchev–Trinajstić information content (AvgIpc) is 3.29. The Kier molecular flexibility index (Phi) is 4.42. The molecule has 5 nitrogen and oxygen atoms in total. The molecular weight excluding hydrogens is 366 g/mol. The second kappa shape index (κ2) is 6.74. The largest absolute Gasteiger partial charge is 0.340 e. The van der Waals surface area contributed by atoms with Gasteiger partial charge in [-0.3, -0.25) is 4.72 Å². The van der Waals surface area contributed by atoms with E-state index in [9.17, 15) is 8.42 Å². The molecule has 1 aromatic carbocycles. The van der Waals surface area contributed by atoms with Gasteiger partial charge in [0, 0.05) is 17.1 Å². The minimum Gasteiger partial charge on any atom is -0.340 e. The highest BCUT2D eigenvalue weighted by atomic mass is 32.2. The van der Waals surface area contributed by atoms with E-state index in [1.807, 2.05) is 31.2 Å². The molecule has 0 aliphatic carbocycles. The molecule has 3 heterocycles. The minimum atomic E-state index is -3.59. The number of nitrogens with zero attached hydrogens (tertiary/aromatic N) is 2. The lowest BCUT2D eigenvalue weighted by atomic mass is 10.2. The van der Waals surface area contributed by atoms with Crippen molar-refractivity contribution < 1.29 is 8.42 Å². The topological polar surface area (TPSA) is 62.3 Å². The first-order chi connectivity index (χ1) is 12.6. The Balaban J connectivity index is 1.53. The summed E-state index contributed by atoms with van der Waals surface area (Å²) in [7, 11) is -3.59. The molecular formula is C19H19N3O2S2. The first-order valence-electron chi connectivity index (χ1n) is 8.50. The normalized spacial score (nSPS) is 13.7. The quantitative estimate of drug-likeness (QED) is 0.715. The zero-order valence-corrected chi connectivity index (χ0v) is 16.0. The standard InChI is InChI=1S/C19H19N3O2S2/c1-2-16-8-10-19(25-16)26(23,24)21-18-9-7-15(13-20-18)22-12-11-14-5-3-4-6-17(14)22/h3-10,13H,2,11-12H2,1H3,(H,20,21). The fraction of sp³-hybridized carbons (Fsp3) is 0.211. The summed E-state index contributed by atoms with van der Waals surface area (Å²) in [6.45, 7) is 2.91. The van der Waals surface area contributed by atoms with Gasteiger partial charge >= 0.3 is 0 Å². The lowest BCUT2D eigenvalue weighted by Gasteiger charge is -2.19. The van der Waals surface area contributed by atoms with Gasteiger partial charge in [0.05, 0.1) is 11.9 Å². The van der Waals surface area contributed by atoms with Crippen LogP contribution in [0.3, 0.4) is 0 Å². The Morgan fingerprint density at radius 2 is 2.00 bits per heavy atom. The summed E-state index contributed by atoms with van der Waals surface area (Å²) < 4.78 is 27.8. The highest BCUT2D eigenvalue weighted by Gasteiger charge is 2.21. The molecule has 0 saturated heterocycles. The molecule has 0 atom stereocenters. The monoisotopic (exact) mass is 385 g/mol. The van der Waals surface area contributed by atoms with Gasteiger partial charge in [0.25, 0.3) is 10.0 Å². The number of benzene rings is 1. The Labute approximate surface area is 157 Å². The van der Waals surface area contributed by atoms with Crippen molar-refractivity contribution in [1.29, 1.82) is 0 Å². The van der Waals surface area contributed by atoms with Gasteiger partial charge in [0.15, 0.2) is 0 Å². The summed E-state index contributed by atoms with van der Waals surface area (Å²) in [5.41, 5.74) is 3.47. The molecule has 4 rings (SSSR count). The summed E-state index contributed by atoms with van der Waals surface area (Å²) in [6, 6.07) is 15.4. The molecule has 0 spiro atoms. The van der Waals surface area contributed by atoms with Gasteiger partial charge in [-0.05, 0) is 48.7 Å². The van der Waals surface area contributed by atoms with E-state index in [0.29, 0.717) is 10.0 Å². The number of nitrogens with one attached hydrogen (secondary N) is 1. The number of anilines is 3. The number of thiophene rings is 1. The van der Waals surface area contributed by atoms with E-state index in [-0.39, 0.29) is 0 Å². The summed E-state index contributed by atoms with van der Waals surface area (Å²) >= 11 is 1.29. The van der Waals surface area contributed by atoms with Crippen LogP contribution in [-0.4, -0.2) is 19.9 Å². The molecule has 26 heavy (non-hydrogen) atoms. The van der Waals surface area contributed by atoms with Crippen molar-refractivity contribution in [2.75, 3.05) is 16.2 Å². The highest BCUT2D eigenvalue weighted by Crippen LogP contribution is 2.34. The van der Waals surface area contributed by atoms with E-state index < -0.39 is 10.0 Å². The number of hydrogen-bond acceptors (Lipinski definition) is 5. The van der Waals surface area contributed by atoms with Crippen molar-refractivity contribution in [3.05, 3.63) is 65.2 Å². The lowest BCUT2D eigenvalue weighted by Crippen LogP contribution is -2.15. The van der Waals surface area contributed by atoms with Gasteiger partial charge in [0.2, 0.25) is 0 Å². The van der Waals surface area contributed by atoms with Gasteiger partial charge in [-0.1, -0.05) is 25.1 Å². The van der Waals surface area contributed by atoms with Crippen LogP contribution in [0.2, 0.25) is 0 Å². The minimum absolute atomic E-state index is 0.314. The number of fused-ring (bicyclic) bond motifs is 1. The third kappa shape index (κ3) is 3.20. The van der Waals surface area contributed by atoms with Crippen molar-refractivity contribution >= 4 is 38.6 Å². The van der Waals surface area contributed by atoms with Crippen molar-refractivity contribution in [3.63, 3.8) is 0 Å². The molecule has 1 aliphatic rings. The molecule has 0 amide bonds.